The van der Waals surface area contributed by atoms with Crippen LogP contribution in [0.5, 0.6) is 5.75 Å². The first-order valence-electron chi connectivity index (χ1n) is 4.90. The van der Waals surface area contributed by atoms with E-state index in [1.165, 1.54) is 6.07 Å². The summed E-state index contributed by atoms with van der Waals surface area (Å²) in [7, 11) is 0. The summed E-state index contributed by atoms with van der Waals surface area (Å²) in [5, 5.41) is 0. The van der Waals surface area contributed by atoms with Crippen LogP contribution in [0.4, 0.5) is 4.39 Å². The lowest BCUT2D eigenvalue weighted by Gasteiger charge is -2.06. The van der Waals surface area contributed by atoms with E-state index >= 15 is 0 Å². The molecule has 0 heterocycles. The summed E-state index contributed by atoms with van der Waals surface area (Å²) in [5.41, 5.74) is 6.81. The summed E-state index contributed by atoms with van der Waals surface area (Å²) < 4.78 is 18.4. The van der Waals surface area contributed by atoms with E-state index in [0.29, 0.717) is 18.3 Å². The highest BCUT2D eigenvalue weighted by Gasteiger charge is 2.35. The minimum atomic E-state index is -0.301. The molecule has 1 aromatic rings. The average Bonchev–Trinajstić information content (AvgIpc) is 2.87. The van der Waals surface area contributed by atoms with Gasteiger partial charge in [0.15, 0.2) is 11.6 Å². The molecule has 0 unspecified atom stereocenters. The molecule has 15 heavy (non-hydrogen) atoms. The molecule has 84 valence electrons. The third-order valence-corrected chi connectivity index (χ3v) is 2.52. The Morgan fingerprint density at radius 2 is 2.20 bits per heavy atom. The molecule has 2 rings (SSSR count). The zero-order valence-electron chi connectivity index (χ0n) is 8.57. The zero-order valence-corrected chi connectivity index (χ0v) is 9.39. The average molecular weight is 232 g/mol. The zero-order chi connectivity index (χ0) is 10.1. The van der Waals surface area contributed by atoms with E-state index in [4.69, 9.17) is 10.5 Å². The van der Waals surface area contributed by atoms with Gasteiger partial charge in [0.1, 0.15) is 0 Å². The number of hydrogen-bond acceptors (Lipinski definition) is 2. The van der Waals surface area contributed by atoms with Crippen LogP contribution in [0.15, 0.2) is 18.2 Å². The van der Waals surface area contributed by atoms with E-state index in [-0.39, 0.29) is 24.3 Å². The van der Waals surface area contributed by atoms with Crippen LogP contribution in [0.3, 0.4) is 0 Å². The molecule has 2 N–H and O–H groups in total. The summed E-state index contributed by atoms with van der Waals surface area (Å²) in [5.74, 6) is 0.434. The molecular weight excluding hydrogens is 217 g/mol. The van der Waals surface area contributed by atoms with Crippen molar-refractivity contribution >= 4 is 12.4 Å². The third-order valence-electron chi connectivity index (χ3n) is 2.52. The Labute approximate surface area is 95.0 Å². The van der Waals surface area contributed by atoms with Gasteiger partial charge in [0, 0.05) is 12.0 Å². The molecule has 1 aliphatic carbocycles. The minimum absolute atomic E-state index is 0. The Kier molecular flexibility index (Phi) is 3.94. The number of benzene rings is 1. The smallest absolute Gasteiger partial charge is 0.165 e. The van der Waals surface area contributed by atoms with Gasteiger partial charge in [-0.1, -0.05) is 6.07 Å². The summed E-state index contributed by atoms with van der Waals surface area (Å²) in [6, 6.07) is 5.24. The first kappa shape index (κ1) is 12.3. The Morgan fingerprint density at radius 3 is 2.73 bits per heavy atom. The van der Waals surface area contributed by atoms with Gasteiger partial charge in [-0.3, -0.25) is 0 Å². The first-order chi connectivity index (χ1) is 6.72. The molecule has 0 radical (unpaired) electrons. The molecule has 1 aromatic carbocycles. The molecule has 0 aromatic heterocycles. The Bertz CT molecular complexity index is 345. The minimum Gasteiger partial charge on any atom is -0.491 e. The maximum absolute atomic E-state index is 13.2. The number of hydrogen-bond donors (Lipinski definition) is 1. The second-order valence-corrected chi connectivity index (χ2v) is 3.63. The second-order valence-electron chi connectivity index (χ2n) is 3.63. The fourth-order valence-corrected chi connectivity index (χ4v) is 1.61. The van der Waals surface area contributed by atoms with E-state index in [2.05, 4.69) is 0 Å². The monoisotopic (exact) mass is 231 g/mol. The van der Waals surface area contributed by atoms with E-state index in [0.717, 1.165) is 12.0 Å². The Hall–Kier alpha value is -0.800. The largest absolute Gasteiger partial charge is 0.491 e. The Morgan fingerprint density at radius 1 is 1.53 bits per heavy atom. The maximum atomic E-state index is 13.2. The van der Waals surface area contributed by atoms with Crippen molar-refractivity contribution in [2.24, 2.45) is 5.73 Å². The molecule has 2 nitrogen and oxygen atoms in total. The van der Waals surface area contributed by atoms with Crippen LogP contribution < -0.4 is 10.5 Å². The molecule has 0 bridgehead atoms. The van der Waals surface area contributed by atoms with Gasteiger partial charge in [-0.15, -0.1) is 12.4 Å². The quantitative estimate of drug-likeness (QED) is 0.868. The van der Waals surface area contributed by atoms with Crippen molar-refractivity contribution in [2.75, 3.05) is 6.61 Å². The van der Waals surface area contributed by atoms with Crippen molar-refractivity contribution < 1.29 is 9.13 Å². The number of rotatable bonds is 3. The molecule has 2 atom stereocenters. The van der Waals surface area contributed by atoms with Crippen LogP contribution in [0.2, 0.25) is 0 Å². The summed E-state index contributed by atoms with van der Waals surface area (Å²) in [6.45, 7) is 2.33. The summed E-state index contributed by atoms with van der Waals surface area (Å²) in [4.78, 5) is 0. The van der Waals surface area contributed by atoms with Gasteiger partial charge < -0.3 is 10.5 Å². The van der Waals surface area contributed by atoms with Crippen LogP contribution in [0.25, 0.3) is 0 Å². The molecule has 0 saturated heterocycles. The van der Waals surface area contributed by atoms with Crippen molar-refractivity contribution in [3.05, 3.63) is 29.6 Å². The predicted molar refractivity (Wildman–Crippen MR) is 60.2 cm³/mol. The lowest BCUT2D eigenvalue weighted by Crippen LogP contribution is -2.02. The van der Waals surface area contributed by atoms with Crippen LogP contribution in [0.1, 0.15) is 24.8 Å². The Balaban J connectivity index is 0.00000112. The van der Waals surface area contributed by atoms with Crippen molar-refractivity contribution in [1.82, 2.24) is 0 Å². The van der Waals surface area contributed by atoms with Gasteiger partial charge in [0.2, 0.25) is 0 Å². The van der Waals surface area contributed by atoms with Crippen LogP contribution in [-0.2, 0) is 0 Å². The van der Waals surface area contributed by atoms with E-state index in [1.807, 2.05) is 6.92 Å². The highest BCUT2D eigenvalue weighted by atomic mass is 35.5. The van der Waals surface area contributed by atoms with Gasteiger partial charge in [0.05, 0.1) is 6.61 Å². The molecule has 1 fully saturated rings. The normalized spacial score (nSPS) is 23.1. The molecule has 1 saturated carbocycles. The number of nitrogens with two attached hydrogens (primary N) is 1. The molecule has 1 aliphatic rings. The summed E-state index contributed by atoms with van der Waals surface area (Å²) >= 11 is 0. The van der Waals surface area contributed by atoms with Crippen LogP contribution in [-0.4, -0.2) is 12.6 Å². The van der Waals surface area contributed by atoms with Crippen molar-refractivity contribution in [3.63, 3.8) is 0 Å². The van der Waals surface area contributed by atoms with Crippen molar-refractivity contribution in [1.29, 1.82) is 0 Å². The molecule has 0 spiro atoms. The highest BCUT2D eigenvalue weighted by Crippen LogP contribution is 2.40. The summed E-state index contributed by atoms with van der Waals surface area (Å²) in [6.07, 6.45) is 0.997. The topological polar surface area (TPSA) is 35.2 Å². The standard InChI is InChI=1S/C11H14FNO.ClH/c1-2-14-11-5-7(3-4-9(11)12)8-6-10(8)13;/h3-5,8,10H,2,6,13H2,1H3;1H/t8-,10+;/m1./s1. The fraction of sp³-hybridized carbons (Fsp3) is 0.455. The molecule has 0 aliphatic heterocycles. The van der Waals surface area contributed by atoms with Crippen LogP contribution >= 0.6 is 12.4 Å². The van der Waals surface area contributed by atoms with Gasteiger partial charge in [-0.05, 0) is 31.0 Å². The van der Waals surface area contributed by atoms with E-state index in [1.54, 1.807) is 12.1 Å². The fourth-order valence-electron chi connectivity index (χ4n) is 1.61. The van der Waals surface area contributed by atoms with Gasteiger partial charge in [-0.2, -0.15) is 0 Å². The number of ether oxygens (including phenoxy) is 1. The SMILES string of the molecule is CCOc1cc([C@H]2C[C@@H]2N)ccc1F.Cl. The molecule has 4 heteroatoms. The van der Waals surface area contributed by atoms with Gasteiger partial charge in [0.25, 0.3) is 0 Å². The lowest BCUT2D eigenvalue weighted by molar-refractivity contribution is 0.321. The van der Waals surface area contributed by atoms with Gasteiger partial charge in [-0.25, -0.2) is 4.39 Å². The predicted octanol–water partition coefficient (Wildman–Crippen LogP) is 2.46. The van der Waals surface area contributed by atoms with Gasteiger partial charge >= 0.3 is 0 Å². The third kappa shape index (κ3) is 2.61. The molecule has 0 amide bonds. The maximum Gasteiger partial charge on any atom is 0.165 e. The molecular formula is C11H15ClFNO. The van der Waals surface area contributed by atoms with E-state index < -0.39 is 0 Å². The first-order valence-corrected chi connectivity index (χ1v) is 4.90. The van der Waals surface area contributed by atoms with Crippen molar-refractivity contribution in [3.8, 4) is 5.75 Å². The highest BCUT2D eigenvalue weighted by molar-refractivity contribution is 5.85. The second kappa shape index (κ2) is 4.81. The van der Waals surface area contributed by atoms with Crippen LogP contribution in [0, 0.1) is 5.82 Å². The van der Waals surface area contributed by atoms with Crippen molar-refractivity contribution in [2.45, 2.75) is 25.3 Å². The number of halogens is 2. The van der Waals surface area contributed by atoms with E-state index in [9.17, 15) is 4.39 Å². The lowest BCUT2D eigenvalue weighted by atomic mass is 10.1.